The van der Waals surface area contributed by atoms with Crippen molar-refractivity contribution in [2.45, 2.75) is 56.8 Å². The fourth-order valence-corrected chi connectivity index (χ4v) is 8.21. The van der Waals surface area contributed by atoms with Gasteiger partial charge in [-0.15, -0.1) is 5.06 Å². The van der Waals surface area contributed by atoms with Crippen LogP contribution in [0.25, 0.3) is 0 Å². The molecule has 0 aromatic carbocycles. The molecule has 0 radical (unpaired) electrons. The zero-order valence-corrected chi connectivity index (χ0v) is 27.6. The van der Waals surface area contributed by atoms with Gasteiger partial charge in [0.25, 0.3) is 23.6 Å². The van der Waals surface area contributed by atoms with E-state index in [-0.39, 0.29) is 84.4 Å². The first-order valence-electron chi connectivity index (χ1n) is 15.0. The molecular weight excluding hydrogens is 676 g/mol. The van der Waals surface area contributed by atoms with Gasteiger partial charge in [-0.3, -0.25) is 34.0 Å². The number of carbonyl (C=O) groups excluding carboxylic acids is 8. The van der Waals surface area contributed by atoms with E-state index < -0.39 is 47.3 Å². The Bertz CT molecular complexity index is 1500. The lowest BCUT2D eigenvalue weighted by Crippen LogP contribution is -2.55. The number of methoxy groups -OCH3 is 1. The summed E-state index contributed by atoms with van der Waals surface area (Å²) < 4.78 is 11.1. The van der Waals surface area contributed by atoms with E-state index in [0.29, 0.717) is 35.2 Å². The molecule has 260 valence electrons. The van der Waals surface area contributed by atoms with Crippen molar-refractivity contribution in [3.8, 4) is 0 Å². The Labute approximate surface area is 281 Å². The minimum atomic E-state index is -1.03. The molecule has 5 amide bonds. The molecule has 0 bridgehead atoms. The van der Waals surface area contributed by atoms with Gasteiger partial charge in [-0.2, -0.15) is 5.06 Å². The van der Waals surface area contributed by atoms with Crippen molar-refractivity contribution in [3.05, 3.63) is 22.5 Å². The van der Waals surface area contributed by atoms with E-state index in [1.165, 1.54) is 28.7 Å². The van der Waals surface area contributed by atoms with Gasteiger partial charge in [-0.05, 0) is 6.92 Å². The first kappa shape index (κ1) is 35.3. The summed E-state index contributed by atoms with van der Waals surface area (Å²) in [6, 6.07) is -0.0118. The lowest BCUT2D eigenvalue weighted by Gasteiger charge is -2.39. The zero-order chi connectivity index (χ0) is 34.9. The summed E-state index contributed by atoms with van der Waals surface area (Å²) in [5.41, 5.74) is 5.21. The number of Topliss-reactive ketones (excluding diaryl/α,β-unsaturated/α-hetero) is 2. The molecule has 0 unspecified atom stereocenters. The van der Waals surface area contributed by atoms with Crippen molar-refractivity contribution in [1.29, 1.82) is 0 Å². The van der Waals surface area contributed by atoms with Crippen LogP contribution in [0, 0.1) is 5.92 Å². The van der Waals surface area contributed by atoms with Gasteiger partial charge in [-0.25, -0.2) is 9.59 Å². The van der Waals surface area contributed by atoms with Crippen LogP contribution in [0.15, 0.2) is 22.5 Å². The Hall–Kier alpha value is -3.98. The van der Waals surface area contributed by atoms with E-state index >= 15 is 0 Å². The normalized spacial score (nSPS) is 27.3. The standard InChI is InChI=1S/C24H29N5O9S2.C4H5NO3/c1-11-18(26-6-8-40-39-7-5-16(32)38-29-14(30)3-4-15(29)31)21(34)17-12(10-37-23(25)35)24(36-2)22-13(27-22)9-28(24)19(17)20(11)33;6-3-1-2-4(7)5(3)8/h12-13,22,26-27H,3-10H2,1-2H3,(H2,25,35);8H,1-2H2/t12-,13+,22+,24-;/m1./s1. The van der Waals surface area contributed by atoms with E-state index in [2.05, 4.69) is 10.6 Å². The number of hydrogen-bond donors (Lipinski definition) is 4. The molecule has 4 fully saturated rings. The van der Waals surface area contributed by atoms with Crippen LogP contribution >= 0.6 is 21.6 Å². The Morgan fingerprint density at radius 3 is 2.21 bits per heavy atom. The molecular formula is C28H34N6O12S2. The number of allylic oxidation sites excluding steroid dienone is 2. The van der Waals surface area contributed by atoms with E-state index in [0.717, 1.165) is 0 Å². The number of primary amides is 1. The highest BCUT2D eigenvalue weighted by Crippen LogP contribution is 2.55. The summed E-state index contributed by atoms with van der Waals surface area (Å²) in [7, 11) is 4.35. The van der Waals surface area contributed by atoms with E-state index in [4.69, 9.17) is 25.3 Å². The Morgan fingerprint density at radius 1 is 1.00 bits per heavy atom. The maximum Gasteiger partial charge on any atom is 0.404 e. The summed E-state index contributed by atoms with van der Waals surface area (Å²) in [5.74, 6) is -3.12. The van der Waals surface area contributed by atoms with Crippen molar-refractivity contribution >= 4 is 68.8 Å². The lowest BCUT2D eigenvalue weighted by atomic mass is 9.82. The monoisotopic (exact) mass is 710 g/mol. The van der Waals surface area contributed by atoms with Crippen molar-refractivity contribution in [1.82, 2.24) is 25.7 Å². The molecule has 4 saturated heterocycles. The number of rotatable bonds is 12. The molecule has 0 aromatic heterocycles. The van der Waals surface area contributed by atoms with Gasteiger partial charge < -0.3 is 35.6 Å². The lowest BCUT2D eigenvalue weighted by molar-refractivity contribution is -0.197. The molecule has 20 heteroatoms. The second kappa shape index (κ2) is 14.2. The topological polar surface area (TPSA) is 254 Å². The number of nitrogens with zero attached hydrogens (tertiary/aromatic N) is 3. The molecule has 5 aliphatic heterocycles. The smallest absolute Gasteiger partial charge is 0.404 e. The number of hydrogen-bond acceptors (Lipinski definition) is 17. The molecule has 5 N–H and O–H groups in total. The maximum absolute atomic E-state index is 13.7. The number of carbonyl (C=O) groups is 8. The average molecular weight is 711 g/mol. The van der Waals surface area contributed by atoms with Crippen LogP contribution in [0.1, 0.15) is 39.0 Å². The van der Waals surface area contributed by atoms with Crippen LogP contribution in [-0.4, -0.2) is 124 Å². The molecule has 0 saturated carbocycles. The quantitative estimate of drug-likeness (QED) is 0.0467. The third-order valence-electron chi connectivity index (χ3n) is 8.61. The molecule has 4 atom stereocenters. The molecule has 0 aromatic rings. The van der Waals surface area contributed by atoms with Crippen molar-refractivity contribution < 1.29 is 57.9 Å². The molecule has 48 heavy (non-hydrogen) atoms. The number of hydroxylamine groups is 4. The summed E-state index contributed by atoms with van der Waals surface area (Å²) >= 11 is 0. The first-order chi connectivity index (χ1) is 22.8. The predicted molar refractivity (Wildman–Crippen MR) is 164 cm³/mol. The van der Waals surface area contributed by atoms with Crippen molar-refractivity contribution in [2.24, 2.45) is 11.7 Å². The highest BCUT2D eigenvalue weighted by atomic mass is 33.1. The molecule has 0 spiro atoms. The molecule has 5 heterocycles. The minimum absolute atomic E-state index is 0.0134. The van der Waals surface area contributed by atoms with Gasteiger partial charge in [0.15, 0.2) is 5.72 Å². The predicted octanol–water partition coefficient (Wildman–Crippen LogP) is -1.12. The van der Waals surface area contributed by atoms with Crippen LogP contribution in [0.5, 0.6) is 0 Å². The van der Waals surface area contributed by atoms with Gasteiger partial charge in [0, 0.05) is 74.6 Å². The molecule has 6 aliphatic rings. The highest BCUT2D eigenvalue weighted by Gasteiger charge is 2.72. The van der Waals surface area contributed by atoms with Crippen LogP contribution in [0.4, 0.5) is 4.79 Å². The number of imide groups is 2. The number of ketones is 2. The Balaban J connectivity index is 0.000000494. The van der Waals surface area contributed by atoms with E-state index in [9.17, 15) is 38.4 Å². The number of piperazine rings is 1. The second-order valence-electron chi connectivity index (χ2n) is 11.4. The highest BCUT2D eigenvalue weighted by molar-refractivity contribution is 8.76. The maximum atomic E-state index is 13.7. The van der Waals surface area contributed by atoms with Gasteiger partial charge in [0.05, 0.1) is 29.8 Å². The molecule has 1 aliphatic carbocycles. The summed E-state index contributed by atoms with van der Waals surface area (Å²) in [6.07, 6.45) is -0.592. The summed E-state index contributed by atoms with van der Waals surface area (Å²) in [5, 5.41) is 15.5. The summed E-state index contributed by atoms with van der Waals surface area (Å²) in [6.45, 7) is 2.25. The third kappa shape index (κ3) is 6.53. The van der Waals surface area contributed by atoms with Gasteiger partial charge >= 0.3 is 12.1 Å². The summed E-state index contributed by atoms with van der Waals surface area (Å²) in [4.78, 5) is 101. The number of fused-ring (bicyclic) bond motifs is 4. The number of amides is 5. The largest absolute Gasteiger partial charge is 0.449 e. The molecule has 6 rings (SSSR count). The SMILES string of the molecule is CO[C@@]12[C@H](COC(N)=O)C3=C(C(=O)C(C)=C(NCCSSCCC(=O)ON4C(=O)CCC4=O)C3=O)N1C[C@@H]1N[C@@H]12.O=C1CCC(=O)N1O. The Kier molecular flexibility index (Phi) is 10.5. The van der Waals surface area contributed by atoms with Crippen LogP contribution in [0.2, 0.25) is 0 Å². The second-order valence-corrected chi connectivity index (χ2v) is 14.1. The van der Waals surface area contributed by atoms with Crippen molar-refractivity contribution in [3.63, 3.8) is 0 Å². The van der Waals surface area contributed by atoms with Crippen LogP contribution < -0.4 is 16.4 Å². The van der Waals surface area contributed by atoms with Gasteiger partial charge in [-0.1, -0.05) is 21.6 Å². The van der Waals surface area contributed by atoms with Gasteiger partial charge in [0.2, 0.25) is 11.6 Å². The zero-order valence-electron chi connectivity index (χ0n) is 26.0. The van der Waals surface area contributed by atoms with Gasteiger partial charge in [0.1, 0.15) is 6.61 Å². The molecule has 18 nitrogen and oxygen atoms in total. The fourth-order valence-electron chi connectivity index (χ4n) is 6.33. The Morgan fingerprint density at radius 2 is 1.62 bits per heavy atom. The third-order valence-corrected chi connectivity index (χ3v) is 11.0. The van der Waals surface area contributed by atoms with Crippen molar-refractivity contribution in [2.75, 3.05) is 38.3 Å². The van der Waals surface area contributed by atoms with Crippen LogP contribution in [0.3, 0.4) is 0 Å². The fraction of sp³-hybridized carbons (Fsp3) is 0.571. The number of ether oxygens (including phenoxy) is 2. The number of nitrogens with one attached hydrogen (secondary N) is 2. The van der Waals surface area contributed by atoms with E-state index in [1.807, 2.05) is 4.90 Å². The first-order valence-corrected chi connectivity index (χ1v) is 17.5. The minimum Gasteiger partial charge on any atom is -0.449 e. The number of nitrogens with two attached hydrogens (primary N) is 1. The van der Waals surface area contributed by atoms with Crippen LogP contribution in [-0.2, 0) is 47.9 Å². The average Bonchev–Trinajstić information content (AvgIpc) is 3.39. The van der Waals surface area contributed by atoms with E-state index in [1.54, 1.807) is 6.92 Å².